The highest BCUT2D eigenvalue weighted by molar-refractivity contribution is 5.71. The van der Waals surface area contributed by atoms with Crippen molar-refractivity contribution in [2.45, 2.75) is 367 Å². The lowest BCUT2D eigenvalue weighted by molar-refractivity contribution is -0.167. The van der Waals surface area contributed by atoms with Gasteiger partial charge in [0.2, 0.25) is 0 Å². The molecule has 434 valence electrons. The lowest BCUT2D eigenvalue weighted by Crippen LogP contribution is -2.30. The molecule has 0 aromatic rings. The second-order valence-corrected chi connectivity index (χ2v) is 22.4. The molecule has 0 N–H and O–H groups in total. The molecule has 0 heterocycles. The molecule has 0 saturated carbocycles. The first-order chi connectivity index (χ1) is 36.5. The molecule has 6 nitrogen and oxygen atoms in total. The number of unbranched alkanes of at least 4 members (excludes halogenated alkanes) is 44. The van der Waals surface area contributed by atoms with E-state index in [1.54, 1.807) is 0 Å². The van der Waals surface area contributed by atoms with Gasteiger partial charge in [-0.15, -0.1) is 0 Å². The molecule has 0 spiro atoms. The van der Waals surface area contributed by atoms with Crippen molar-refractivity contribution in [1.82, 2.24) is 0 Å². The van der Waals surface area contributed by atoms with Gasteiger partial charge in [-0.3, -0.25) is 14.4 Å². The highest BCUT2D eigenvalue weighted by Gasteiger charge is 2.19. The molecule has 0 aromatic carbocycles. The molecule has 6 heteroatoms. The fraction of sp³-hybridized carbons (Fsp3) is 0.868. The summed E-state index contributed by atoms with van der Waals surface area (Å²) in [6.07, 6.45) is 77.2. The monoisotopic (exact) mass is 1040 g/mol. The smallest absolute Gasteiger partial charge is 0.306 e. The van der Waals surface area contributed by atoms with Crippen molar-refractivity contribution in [2.75, 3.05) is 13.2 Å². The van der Waals surface area contributed by atoms with Crippen LogP contribution < -0.4 is 0 Å². The Morgan fingerprint density at radius 1 is 0.270 bits per heavy atom. The van der Waals surface area contributed by atoms with Gasteiger partial charge in [0, 0.05) is 19.3 Å². The van der Waals surface area contributed by atoms with Gasteiger partial charge in [0.25, 0.3) is 0 Å². The maximum atomic E-state index is 12.9. The van der Waals surface area contributed by atoms with Gasteiger partial charge in [-0.1, -0.05) is 301 Å². The number of hydrogen-bond donors (Lipinski definition) is 0. The summed E-state index contributed by atoms with van der Waals surface area (Å²) >= 11 is 0. The maximum absolute atomic E-state index is 12.9. The van der Waals surface area contributed by atoms with Gasteiger partial charge in [0.15, 0.2) is 6.10 Å². The van der Waals surface area contributed by atoms with Crippen molar-refractivity contribution in [3.05, 3.63) is 36.5 Å². The van der Waals surface area contributed by atoms with E-state index in [1.165, 1.54) is 257 Å². The molecule has 0 aliphatic rings. The van der Waals surface area contributed by atoms with E-state index in [2.05, 4.69) is 57.2 Å². The highest BCUT2D eigenvalue weighted by Crippen LogP contribution is 2.17. The number of hydrogen-bond acceptors (Lipinski definition) is 6. The Kier molecular flexibility index (Phi) is 61.1. The van der Waals surface area contributed by atoms with E-state index in [0.717, 1.165) is 64.2 Å². The van der Waals surface area contributed by atoms with Gasteiger partial charge in [-0.25, -0.2) is 0 Å². The van der Waals surface area contributed by atoms with Crippen molar-refractivity contribution in [2.24, 2.45) is 0 Å². The van der Waals surface area contributed by atoms with Crippen LogP contribution in [-0.4, -0.2) is 37.2 Å². The lowest BCUT2D eigenvalue weighted by Gasteiger charge is -2.18. The van der Waals surface area contributed by atoms with E-state index in [-0.39, 0.29) is 31.1 Å². The van der Waals surface area contributed by atoms with Gasteiger partial charge in [-0.05, 0) is 77.0 Å². The fourth-order valence-corrected chi connectivity index (χ4v) is 9.88. The molecule has 1 atom stereocenters. The third-order valence-corrected chi connectivity index (χ3v) is 14.9. The normalized spacial score (nSPS) is 12.2. The first kappa shape index (κ1) is 71.6. The lowest BCUT2D eigenvalue weighted by atomic mass is 10.0. The predicted molar refractivity (Wildman–Crippen MR) is 321 cm³/mol. The zero-order valence-electron chi connectivity index (χ0n) is 49.9. The quantitative estimate of drug-likeness (QED) is 0.0261. The molecule has 0 bridgehead atoms. The SMILES string of the molecule is CCCCCCC/C=C\C/C=C\CCCCCCCCCCCCCC(=O)OCC(COC(=O)CCCCCCCCCCCCCCCCC)OC(=O)CCCCCCCCC/C=C\CCCCCCCCC. The fourth-order valence-electron chi connectivity index (χ4n) is 9.88. The molecule has 0 aliphatic carbocycles. The van der Waals surface area contributed by atoms with Crippen LogP contribution in [0.2, 0.25) is 0 Å². The van der Waals surface area contributed by atoms with Crippen LogP contribution >= 0.6 is 0 Å². The van der Waals surface area contributed by atoms with Gasteiger partial charge in [-0.2, -0.15) is 0 Å². The molecule has 74 heavy (non-hydrogen) atoms. The topological polar surface area (TPSA) is 78.9 Å². The number of esters is 3. The minimum atomic E-state index is -0.773. The molecule has 0 aromatic heterocycles. The van der Waals surface area contributed by atoms with Crippen LogP contribution in [0.15, 0.2) is 36.5 Å². The summed E-state index contributed by atoms with van der Waals surface area (Å²) in [6, 6.07) is 0. The second-order valence-electron chi connectivity index (χ2n) is 22.4. The van der Waals surface area contributed by atoms with Gasteiger partial charge >= 0.3 is 17.9 Å². The molecular formula is C68H126O6. The van der Waals surface area contributed by atoms with E-state index in [4.69, 9.17) is 14.2 Å². The number of allylic oxidation sites excluding steroid dienone is 6. The third-order valence-electron chi connectivity index (χ3n) is 14.9. The first-order valence-corrected chi connectivity index (χ1v) is 33.0. The van der Waals surface area contributed by atoms with Crippen molar-refractivity contribution >= 4 is 17.9 Å². The molecule has 0 aliphatic heterocycles. The van der Waals surface area contributed by atoms with E-state index in [0.29, 0.717) is 19.3 Å². The van der Waals surface area contributed by atoms with Gasteiger partial charge < -0.3 is 14.2 Å². The Morgan fingerprint density at radius 2 is 0.486 bits per heavy atom. The van der Waals surface area contributed by atoms with Crippen LogP contribution in [0.4, 0.5) is 0 Å². The Bertz CT molecular complexity index is 1240. The average molecular weight is 1040 g/mol. The van der Waals surface area contributed by atoms with Crippen LogP contribution in [0.5, 0.6) is 0 Å². The molecule has 0 saturated heterocycles. The summed E-state index contributed by atoms with van der Waals surface area (Å²) in [5, 5.41) is 0. The maximum Gasteiger partial charge on any atom is 0.306 e. The molecule has 1 unspecified atom stereocenters. The number of carbonyl (C=O) groups is 3. The zero-order chi connectivity index (χ0) is 53.6. The third kappa shape index (κ3) is 60.5. The van der Waals surface area contributed by atoms with E-state index < -0.39 is 6.10 Å². The summed E-state index contributed by atoms with van der Waals surface area (Å²) in [7, 11) is 0. The van der Waals surface area contributed by atoms with Crippen molar-refractivity contribution in [3.63, 3.8) is 0 Å². The molecular weight excluding hydrogens is 913 g/mol. The summed E-state index contributed by atoms with van der Waals surface area (Å²) in [5.74, 6) is -0.851. The van der Waals surface area contributed by atoms with E-state index in [1.807, 2.05) is 0 Å². The zero-order valence-corrected chi connectivity index (χ0v) is 49.9. The Morgan fingerprint density at radius 3 is 0.757 bits per heavy atom. The van der Waals surface area contributed by atoms with Crippen LogP contribution in [0, 0.1) is 0 Å². The Balaban J connectivity index is 4.30. The molecule has 0 fully saturated rings. The average Bonchev–Trinajstić information content (AvgIpc) is 3.40. The summed E-state index contributed by atoms with van der Waals surface area (Å²) in [6.45, 7) is 6.69. The number of ether oxygens (including phenoxy) is 3. The van der Waals surface area contributed by atoms with Crippen molar-refractivity contribution in [1.29, 1.82) is 0 Å². The summed E-state index contributed by atoms with van der Waals surface area (Å²) < 4.78 is 17.0. The van der Waals surface area contributed by atoms with E-state index >= 15 is 0 Å². The molecule has 0 radical (unpaired) electrons. The number of rotatable bonds is 61. The van der Waals surface area contributed by atoms with Crippen LogP contribution in [0.25, 0.3) is 0 Å². The first-order valence-electron chi connectivity index (χ1n) is 33.0. The van der Waals surface area contributed by atoms with Crippen LogP contribution in [-0.2, 0) is 28.6 Å². The van der Waals surface area contributed by atoms with E-state index in [9.17, 15) is 14.4 Å². The van der Waals surface area contributed by atoms with Crippen LogP contribution in [0.3, 0.4) is 0 Å². The van der Waals surface area contributed by atoms with Gasteiger partial charge in [0.1, 0.15) is 13.2 Å². The minimum absolute atomic E-state index is 0.0697. The standard InChI is InChI=1S/C68H126O6/c1-4-7-10-13-16-19-22-25-28-30-32-33-34-35-36-38-40-43-46-49-52-55-58-61-67(70)73-64-65(63-72-66(69)60-57-54-51-48-45-42-39-27-24-21-18-15-12-9-6-3)74-68(71)62-59-56-53-50-47-44-41-37-31-29-26-23-20-17-14-11-8-5-2/h22,25,29-32,65H,4-21,23-24,26-28,33-64H2,1-3H3/b25-22-,31-29-,32-30-. The summed E-state index contributed by atoms with van der Waals surface area (Å²) in [5.41, 5.74) is 0. The summed E-state index contributed by atoms with van der Waals surface area (Å²) in [4.78, 5) is 38.3. The molecule has 0 amide bonds. The number of carbonyl (C=O) groups excluding carboxylic acids is 3. The second kappa shape index (κ2) is 63.2. The largest absolute Gasteiger partial charge is 0.462 e. The highest BCUT2D eigenvalue weighted by atomic mass is 16.6. The Labute approximate surface area is 461 Å². The van der Waals surface area contributed by atoms with Gasteiger partial charge in [0.05, 0.1) is 0 Å². The van der Waals surface area contributed by atoms with Crippen molar-refractivity contribution < 1.29 is 28.6 Å². The molecule has 0 rings (SSSR count). The Hall–Kier alpha value is -2.37. The predicted octanol–water partition coefficient (Wildman–Crippen LogP) is 22.4. The van der Waals surface area contributed by atoms with Crippen LogP contribution in [0.1, 0.15) is 361 Å². The minimum Gasteiger partial charge on any atom is -0.462 e. The van der Waals surface area contributed by atoms with Crippen molar-refractivity contribution in [3.8, 4) is 0 Å².